The number of hydrogen-bond acceptors (Lipinski definition) is 3. The Kier molecular flexibility index (Phi) is 7.26. The van der Waals surface area contributed by atoms with Crippen LogP contribution >= 0.6 is 0 Å². The number of nitrogens with zero attached hydrogens (tertiary/aromatic N) is 1. The van der Waals surface area contributed by atoms with Gasteiger partial charge in [-0.05, 0) is 55.8 Å². The maximum atomic E-state index is 12.7. The van der Waals surface area contributed by atoms with Crippen molar-refractivity contribution in [1.82, 2.24) is 4.98 Å². The number of rotatable bonds is 7. The highest BCUT2D eigenvalue weighted by Crippen LogP contribution is 2.37. The topological polar surface area (TPSA) is 42.4 Å². The third-order valence-corrected chi connectivity index (χ3v) is 13.2. The van der Waals surface area contributed by atoms with Crippen LogP contribution in [0.15, 0.2) is 164 Å². The summed E-state index contributed by atoms with van der Waals surface area (Å²) in [7, 11) is -1.34. The molecule has 0 saturated carbocycles. The lowest BCUT2D eigenvalue weighted by atomic mass is 9.99. The molecule has 4 heteroatoms. The highest BCUT2D eigenvalue weighted by molar-refractivity contribution is 7.20. The summed E-state index contributed by atoms with van der Waals surface area (Å²) in [6.07, 6.45) is 0. The van der Waals surface area contributed by atoms with E-state index in [2.05, 4.69) is 115 Å². The Labute approximate surface area is 258 Å². The predicted molar refractivity (Wildman–Crippen MR) is 184 cm³/mol. The number of hydrogen-bond donors (Lipinski definition) is 1. The van der Waals surface area contributed by atoms with Crippen LogP contribution in [-0.4, -0.2) is 25.3 Å². The third-order valence-electron chi connectivity index (χ3n) is 8.43. The van der Waals surface area contributed by atoms with E-state index in [-0.39, 0.29) is 5.75 Å². The molecule has 0 bridgehead atoms. The van der Waals surface area contributed by atoms with Crippen LogP contribution in [0.2, 0.25) is 0 Å². The molecular weight excluding hydrogens is 555 g/mol. The van der Waals surface area contributed by atoms with Gasteiger partial charge < -0.3 is 9.84 Å². The molecule has 0 aliphatic carbocycles. The maximum Gasteiger partial charge on any atom is 0.184 e. The molecule has 7 aromatic rings. The number of methoxy groups -OCH3 is 1. The van der Waals surface area contributed by atoms with Crippen molar-refractivity contribution in [2.24, 2.45) is 0 Å². The van der Waals surface area contributed by atoms with Crippen molar-refractivity contribution in [1.29, 1.82) is 0 Å². The molecule has 0 radical (unpaired) electrons. The predicted octanol–water partition coefficient (Wildman–Crippen LogP) is 6.66. The van der Waals surface area contributed by atoms with E-state index in [1.165, 1.54) is 15.6 Å². The van der Waals surface area contributed by atoms with Crippen molar-refractivity contribution in [2.45, 2.75) is 0 Å². The Morgan fingerprint density at radius 3 is 1.68 bits per heavy atom. The SMILES string of the molecule is COc1ccccc1-c1cccc(-c2c(O)c([Si](c3ccccc3)(c3ccccc3)c3ccccc3)cc3ccccc23)n1. The molecule has 212 valence electrons. The molecule has 1 heterocycles. The highest BCUT2D eigenvalue weighted by Gasteiger charge is 2.44. The van der Waals surface area contributed by atoms with Crippen LogP contribution in [0.25, 0.3) is 33.3 Å². The summed E-state index contributed by atoms with van der Waals surface area (Å²) in [6.45, 7) is 0. The summed E-state index contributed by atoms with van der Waals surface area (Å²) in [4.78, 5) is 5.15. The van der Waals surface area contributed by atoms with Gasteiger partial charge in [0, 0.05) is 11.1 Å². The zero-order valence-electron chi connectivity index (χ0n) is 24.4. The standard InChI is InChI=1S/C40H31NO2Si/c1-43-37-27-14-13-24-34(37)35-25-15-26-36(41-35)39-33-23-12-11-16-29(33)28-38(40(39)42)44(30-17-5-2-6-18-30,31-19-7-3-8-20-31)32-21-9-4-10-22-32/h2-28,42H,1H3. The van der Waals surface area contributed by atoms with Gasteiger partial charge in [0.1, 0.15) is 11.5 Å². The van der Waals surface area contributed by atoms with Gasteiger partial charge in [-0.1, -0.05) is 140 Å². The van der Waals surface area contributed by atoms with Gasteiger partial charge in [0.2, 0.25) is 0 Å². The van der Waals surface area contributed by atoms with Crippen LogP contribution < -0.4 is 25.5 Å². The first-order chi connectivity index (χ1) is 21.7. The van der Waals surface area contributed by atoms with Crippen molar-refractivity contribution >= 4 is 39.6 Å². The molecule has 1 aromatic heterocycles. The van der Waals surface area contributed by atoms with Crippen molar-refractivity contribution < 1.29 is 9.84 Å². The molecular formula is C40H31NO2Si. The molecule has 0 saturated heterocycles. The summed E-state index contributed by atoms with van der Waals surface area (Å²) in [6, 6.07) is 56.4. The van der Waals surface area contributed by atoms with Crippen LogP contribution in [-0.2, 0) is 0 Å². The molecule has 0 amide bonds. The fourth-order valence-electron chi connectivity index (χ4n) is 6.49. The number of phenolic OH excluding ortho intramolecular Hbond substituents is 1. The molecule has 6 aromatic carbocycles. The van der Waals surface area contributed by atoms with E-state index in [0.29, 0.717) is 5.69 Å². The Morgan fingerprint density at radius 1 is 0.545 bits per heavy atom. The smallest absolute Gasteiger partial charge is 0.184 e. The molecule has 3 nitrogen and oxygen atoms in total. The van der Waals surface area contributed by atoms with Gasteiger partial charge >= 0.3 is 0 Å². The van der Waals surface area contributed by atoms with Crippen LogP contribution in [0.1, 0.15) is 0 Å². The van der Waals surface area contributed by atoms with E-state index in [1.807, 2.05) is 48.5 Å². The maximum absolute atomic E-state index is 12.7. The first-order valence-corrected chi connectivity index (χ1v) is 16.7. The van der Waals surface area contributed by atoms with Crippen LogP contribution in [0.3, 0.4) is 0 Å². The lowest BCUT2D eigenvalue weighted by Crippen LogP contribution is -2.74. The Hall–Kier alpha value is -5.45. The number of benzene rings is 6. The summed E-state index contributed by atoms with van der Waals surface area (Å²) in [5, 5.41) is 19.2. The highest BCUT2D eigenvalue weighted by atomic mass is 28.3. The number of aromatic nitrogens is 1. The average Bonchev–Trinajstić information content (AvgIpc) is 3.10. The molecule has 0 aliphatic heterocycles. The molecule has 0 aliphatic rings. The lowest BCUT2D eigenvalue weighted by Gasteiger charge is -2.35. The minimum absolute atomic E-state index is 0.261. The first-order valence-electron chi connectivity index (χ1n) is 14.7. The zero-order valence-corrected chi connectivity index (χ0v) is 25.4. The van der Waals surface area contributed by atoms with E-state index < -0.39 is 8.07 Å². The largest absolute Gasteiger partial charge is 0.507 e. The number of ether oxygens (including phenoxy) is 1. The molecule has 7 rings (SSSR count). The minimum atomic E-state index is -3.02. The fraction of sp³-hybridized carbons (Fsp3) is 0.0250. The van der Waals surface area contributed by atoms with Gasteiger partial charge in [-0.25, -0.2) is 4.98 Å². The molecule has 44 heavy (non-hydrogen) atoms. The van der Waals surface area contributed by atoms with Crippen LogP contribution in [0.4, 0.5) is 0 Å². The van der Waals surface area contributed by atoms with E-state index in [9.17, 15) is 5.11 Å². The summed E-state index contributed by atoms with van der Waals surface area (Å²) < 4.78 is 5.67. The van der Waals surface area contributed by atoms with E-state index in [4.69, 9.17) is 9.72 Å². The molecule has 0 spiro atoms. The second-order valence-corrected chi connectivity index (χ2v) is 14.6. The van der Waals surface area contributed by atoms with E-state index >= 15 is 0 Å². The number of pyridine rings is 1. The van der Waals surface area contributed by atoms with Gasteiger partial charge in [0.25, 0.3) is 0 Å². The lowest BCUT2D eigenvalue weighted by molar-refractivity contribution is 0.416. The van der Waals surface area contributed by atoms with Crippen molar-refractivity contribution in [2.75, 3.05) is 7.11 Å². The van der Waals surface area contributed by atoms with Crippen molar-refractivity contribution in [3.63, 3.8) is 0 Å². The van der Waals surface area contributed by atoms with Crippen molar-refractivity contribution in [3.8, 4) is 34.0 Å². The summed E-state index contributed by atoms with van der Waals surface area (Å²) in [5.74, 6) is 1.01. The monoisotopic (exact) mass is 585 g/mol. The number of fused-ring (bicyclic) bond motifs is 1. The third kappa shape index (κ3) is 4.57. The Balaban J connectivity index is 1.59. The van der Waals surface area contributed by atoms with Crippen molar-refractivity contribution in [3.05, 3.63) is 164 Å². The summed E-state index contributed by atoms with van der Waals surface area (Å²) >= 11 is 0. The Morgan fingerprint density at radius 2 is 1.07 bits per heavy atom. The van der Waals surface area contributed by atoms with E-state index in [0.717, 1.165) is 38.5 Å². The second kappa shape index (κ2) is 11.7. The molecule has 0 unspecified atom stereocenters. The van der Waals surface area contributed by atoms with Crippen LogP contribution in [0, 0.1) is 0 Å². The van der Waals surface area contributed by atoms with Gasteiger partial charge in [-0.3, -0.25) is 0 Å². The average molecular weight is 586 g/mol. The quantitative estimate of drug-likeness (QED) is 0.168. The van der Waals surface area contributed by atoms with E-state index in [1.54, 1.807) is 7.11 Å². The minimum Gasteiger partial charge on any atom is -0.507 e. The van der Waals surface area contributed by atoms with Gasteiger partial charge in [0.15, 0.2) is 8.07 Å². The zero-order chi connectivity index (χ0) is 29.9. The Bertz CT molecular complexity index is 1960. The molecule has 0 fully saturated rings. The number of aromatic hydroxyl groups is 1. The number of phenols is 1. The van der Waals surface area contributed by atoms with Crippen LogP contribution in [0.5, 0.6) is 11.5 Å². The molecule has 0 atom stereocenters. The first kappa shape index (κ1) is 27.4. The second-order valence-electron chi connectivity index (χ2n) is 10.8. The normalized spacial score (nSPS) is 11.4. The number of para-hydroxylation sites is 1. The fourth-order valence-corrected chi connectivity index (χ4v) is 11.4. The van der Waals surface area contributed by atoms with Gasteiger partial charge in [0.05, 0.1) is 18.5 Å². The molecule has 1 N–H and O–H groups in total. The summed E-state index contributed by atoms with van der Waals surface area (Å²) in [5.41, 5.74) is 3.13. The van der Waals surface area contributed by atoms with Gasteiger partial charge in [-0.2, -0.15) is 0 Å². The van der Waals surface area contributed by atoms with Gasteiger partial charge in [-0.15, -0.1) is 0 Å².